The number of methoxy groups -OCH3 is 1. The van der Waals surface area contributed by atoms with Crippen molar-refractivity contribution in [3.8, 4) is 16.9 Å². The molecule has 0 radical (unpaired) electrons. The first kappa shape index (κ1) is 25.0. The summed E-state index contributed by atoms with van der Waals surface area (Å²) in [6.45, 7) is 0.449. The van der Waals surface area contributed by atoms with Gasteiger partial charge in [-0.15, -0.1) is 0 Å². The van der Waals surface area contributed by atoms with Crippen LogP contribution >= 0.6 is 0 Å². The molecule has 36 heavy (non-hydrogen) atoms. The lowest BCUT2D eigenvalue weighted by atomic mass is 10.0. The van der Waals surface area contributed by atoms with E-state index in [1.807, 2.05) is 0 Å². The Balaban J connectivity index is 1.41. The molecule has 0 unspecified atom stereocenters. The van der Waals surface area contributed by atoms with Gasteiger partial charge < -0.3 is 20.3 Å². The smallest absolute Gasteiger partial charge is 0.416 e. The number of rotatable bonds is 5. The third-order valence-corrected chi connectivity index (χ3v) is 5.89. The average Bonchev–Trinajstić information content (AvgIpc) is 2.85. The van der Waals surface area contributed by atoms with Gasteiger partial charge in [0.05, 0.1) is 12.7 Å². The lowest BCUT2D eigenvalue weighted by molar-refractivity contribution is -0.137. The number of carbonyl (C=O) groups excluding carboxylic acids is 2. The summed E-state index contributed by atoms with van der Waals surface area (Å²) in [5, 5.41) is 5.04. The number of nitrogens with zero attached hydrogens (tertiary/aromatic N) is 1. The number of amides is 3. The molecule has 188 valence electrons. The molecule has 10 heteroatoms. The van der Waals surface area contributed by atoms with Gasteiger partial charge in [0.25, 0.3) is 0 Å². The Hall–Kier alpha value is -4.08. The van der Waals surface area contributed by atoms with Crippen molar-refractivity contribution in [2.45, 2.75) is 25.1 Å². The fourth-order valence-electron chi connectivity index (χ4n) is 4.05. The van der Waals surface area contributed by atoms with Crippen LogP contribution in [-0.4, -0.2) is 31.6 Å². The maximum atomic E-state index is 14.6. The number of carbonyl (C=O) groups is 2. The molecule has 3 amide bonds. The van der Waals surface area contributed by atoms with E-state index in [4.69, 9.17) is 4.74 Å². The first-order valence-corrected chi connectivity index (χ1v) is 11.2. The molecule has 3 aromatic carbocycles. The highest BCUT2D eigenvalue weighted by atomic mass is 19.4. The molecular weight excluding hydrogens is 478 g/mol. The zero-order valence-electron chi connectivity index (χ0n) is 19.2. The molecule has 1 atom stereocenters. The minimum Gasteiger partial charge on any atom is -0.494 e. The van der Waals surface area contributed by atoms with Crippen molar-refractivity contribution in [3.05, 3.63) is 78.1 Å². The monoisotopic (exact) mass is 501 g/mol. The predicted octanol–water partition coefficient (Wildman–Crippen LogP) is 5.84. The van der Waals surface area contributed by atoms with Crippen LogP contribution in [-0.2, 0) is 11.0 Å². The van der Waals surface area contributed by atoms with Crippen LogP contribution in [0.3, 0.4) is 0 Å². The zero-order chi connectivity index (χ0) is 25.9. The van der Waals surface area contributed by atoms with E-state index < -0.39 is 29.6 Å². The molecule has 3 aromatic rings. The van der Waals surface area contributed by atoms with Crippen molar-refractivity contribution < 1.29 is 31.9 Å². The molecular formula is C26H23F4N3O3. The van der Waals surface area contributed by atoms with E-state index in [0.717, 1.165) is 24.3 Å². The van der Waals surface area contributed by atoms with Crippen LogP contribution in [0, 0.1) is 5.82 Å². The van der Waals surface area contributed by atoms with Crippen molar-refractivity contribution in [3.63, 3.8) is 0 Å². The molecule has 0 aliphatic carbocycles. The number of urea groups is 1. The molecule has 1 fully saturated rings. The van der Waals surface area contributed by atoms with Crippen LogP contribution in [0.5, 0.6) is 5.75 Å². The first-order valence-electron chi connectivity index (χ1n) is 11.2. The Labute approximate surface area is 204 Å². The number of nitrogens with one attached hydrogen (secondary N) is 2. The lowest BCUT2D eigenvalue weighted by Crippen LogP contribution is -2.53. The van der Waals surface area contributed by atoms with E-state index in [9.17, 15) is 27.2 Å². The van der Waals surface area contributed by atoms with Gasteiger partial charge in [0.1, 0.15) is 6.04 Å². The molecule has 1 saturated heterocycles. The van der Waals surface area contributed by atoms with Crippen molar-refractivity contribution in [1.29, 1.82) is 0 Å². The van der Waals surface area contributed by atoms with Crippen LogP contribution in [0.4, 0.5) is 33.7 Å². The second kappa shape index (κ2) is 10.3. The van der Waals surface area contributed by atoms with Gasteiger partial charge in [0, 0.05) is 23.5 Å². The second-order valence-corrected chi connectivity index (χ2v) is 8.23. The van der Waals surface area contributed by atoms with Crippen LogP contribution in [0.2, 0.25) is 0 Å². The van der Waals surface area contributed by atoms with Crippen molar-refractivity contribution in [1.82, 2.24) is 5.32 Å². The molecule has 0 bridgehead atoms. The first-order chi connectivity index (χ1) is 17.2. The average molecular weight is 501 g/mol. The van der Waals surface area contributed by atoms with Gasteiger partial charge in [-0.25, -0.2) is 9.18 Å². The SMILES string of the molecule is COc1cccc(-c2ccc(N3CCC[C@@H](NC(=O)Nc4ccc(C(F)(F)F)cc4)C3=O)cc2)c1F. The van der Waals surface area contributed by atoms with Crippen LogP contribution in [0.15, 0.2) is 66.7 Å². The number of alkyl halides is 3. The summed E-state index contributed by atoms with van der Waals surface area (Å²) >= 11 is 0. The van der Waals surface area contributed by atoms with Gasteiger partial charge in [-0.05, 0) is 60.9 Å². The number of halogens is 4. The summed E-state index contributed by atoms with van der Waals surface area (Å²) in [4.78, 5) is 27.0. The largest absolute Gasteiger partial charge is 0.494 e. The Bertz CT molecular complexity index is 1240. The van der Waals surface area contributed by atoms with E-state index in [1.54, 1.807) is 36.4 Å². The fourth-order valence-corrected chi connectivity index (χ4v) is 4.05. The van der Waals surface area contributed by atoms with Gasteiger partial charge in [0.2, 0.25) is 5.91 Å². The molecule has 0 spiro atoms. The van der Waals surface area contributed by atoms with Gasteiger partial charge >= 0.3 is 12.2 Å². The van der Waals surface area contributed by atoms with Gasteiger partial charge in [-0.2, -0.15) is 13.2 Å². The molecule has 1 aliphatic heterocycles. The minimum atomic E-state index is -4.47. The van der Waals surface area contributed by atoms with Gasteiger partial charge in [-0.3, -0.25) is 4.79 Å². The third-order valence-electron chi connectivity index (χ3n) is 5.89. The van der Waals surface area contributed by atoms with E-state index in [0.29, 0.717) is 36.2 Å². The molecule has 6 nitrogen and oxygen atoms in total. The number of hydrogen-bond donors (Lipinski definition) is 2. The van der Waals surface area contributed by atoms with E-state index in [2.05, 4.69) is 10.6 Å². The Morgan fingerprint density at radius 3 is 2.36 bits per heavy atom. The summed E-state index contributed by atoms with van der Waals surface area (Å²) in [6, 6.07) is 14.2. The van der Waals surface area contributed by atoms with Crippen molar-refractivity contribution in [2.75, 3.05) is 23.9 Å². The second-order valence-electron chi connectivity index (χ2n) is 8.23. The number of piperidine rings is 1. The van der Waals surface area contributed by atoms with E-state index in [1.165, 1.54) is 18.1 Å². The molecule has 1 heterocycles. The highest BCUT2D eigenvalue weighted by molar-refractivity contribution is 6.01. The highest BCUT2D eigenvalue weighted by Gasteiger charge is 2.32. The zero-order valence-corrected chi connectivity index (χ0v) is 19.2. The molecule has 0 aromatic heterocycles. The summed E-state index contributed by atoms with van der Waals surface area (Å²) in [5.74, 6) is -0.666. The summed E-state index contributed by atoms with van der Waals surface area (Å²) in [5.41, 5.74) is 0.921. The van der Waals surface area contributed by atoms with Gasteiger partial charge in [-0.1, -0.05) is 24.3 Å². The molecule has 0 saturated carbocycles. The number of ether oxygens (including phenoxy) is 1. The molecule has 4 rings (SSSR count). The topological polar surface area (TPSA) is 70.7 Å². The minimum absolute atomic E-state index is 0.131. The quantitative estimate of drug-likeness (QED) is 0.432. The van der Waals surface area contributed by atoms with E-state index >= 15 is 0 Å². The Morgan fingerprint density at radius 2 is 1.72 bits per heavy atom. The summed E-state index contributed by atoms with van der Waals surface area (Å²) in [6.07, 6.45) is -3.43. The molecule has 1 aliphatic rings. The number of anilines is 2. The summed E-state index contributed by atoms with van der Waals surface area (Å²) in [7, 11) is 1.39. The van der Waals surface area contributed by atoms with Gasteiger partial charge in [0.15, 0.2) is 11.6 Å². The number of benzene rings is 3. The van der Waals surface area contributed by atoms with Crippen molar-refractivity contribution >= 4 is 23.3 Å². The Kier molecular flexibility index (Phi) is 7.14. The maximum absolute atomic E-state index is 14.6. The van der Waals surface area contributed by atoms with Crippen molar-refractivity contribution in [2.24, 2.45) is 0 Å². The maximum Gasteiger partial charge on any atom is 0.416 e. The number of hydrogen-bond acceptors (Lipinski definition) is 3. The Morgan fingerprint density at radius 1 is 1.03 bits per heavy atom. The normalized spacial score (nSPS) is 16.0. The predicted molar refractivity (Wildman–Crippen MR) is 127 cm³/mol. The van der Waals surface area contributed by atoms with E-state index in [-0.39, 0.29) is 17.3 Å². The third kappa shape index (κ3) is 5.42. The fraction of sp³-hybridized carbons (Fsp3) is 0.231. The van der Waals surface area contributed by atoms with Crippen LogP contribution in [0.25, 0.3) is 11.1 Å². The standard InChI is InChI=1S/C26H23F4N3O3/c1-36-22-6-2-4-20(23(22)27)16-7-13-19(14-8-16)33-15-3-5-21(24(33)34)32-25(35)31-18-11-9-17(10-12-18)26(28,29)30/h2,4,6-14,21H,3,5,15H2,1H3,(H2,31,32,35)/t21-/m1/s1. The molecule has 2 N–H and O–H groups in total. The van der Waals surface area contributed by atoms with Crippen LogP contribution < -0.4 is 20.3 Å². The summed E-state index contributed by atoms with van der Waals surface area (Å²) < 4.78 is 57.7. The van der Waals surface area contributed by atoms with Crippen LogP contribution in [0.1, 0.15) is 18.4 Å². The highest BCUT2D eigenvalue weighted by Crippen LogP contribution is 2.32. The lowest BCUT2D eigenvalue weighted by Gasteiger charge is -2.32.